The molecule has 2 aromatic carbocycles. The summed E-state index contributed by atoms with van der Waals surface area (Å²) in [5, 5.41) is 3.50. The third-order valence-corrected chi connectivity index (χ3v) is 4.75. The first-order valence-electron chi connectivity index (χ1n) is 8.85. The van der Waals surface area contributed by atoms with Gasteiger partial charge in [-0.1, -0.05) is 29.8 Å². The molecule has 6 heteroatoms. The Bertz CT molecular complexity index is 808. The number of nitrogens with one attached hydrogen (secondary N) is 1. The molecule has 0 saturated heterocycles. The number of hydrogen-bond donors (Lipinski definition) is 1. The minimum absolute atomic E-state index is 0.0937. The molecular formula is C21H25ClN2O3. The lowest BCUT2D eigenvalue weighted by Crippen LogP contribution is -2.34. The smallest absolute Gasteiger partial charge is 0.223 e. The Hall–Kier alpha value is -2.53. The SMILES string of the molecule is COc1cccc(CCNC(=O)CCN(C(C)=O)c2cccc(Cl)c2C)c1. The minimum Gasteiger partial charge on any atom is -0.497 e. The van der Waals surface area contributed by atoms with Gasteiger partial charge in [0.25, 0.3) is 0 Å². The lowest BCUT2D eigenvalue weighted by atomic mass is 10.1. The number of nitrogens with zero attached hydrogens (tertiary/aromatic N) is 1. The summed E-state index contributed by atoms with van der Waals surface area (Å²) in [5.74, 6) is 0.584. The summed E-state index contributed by atoms with van der Waals surface area (Å²) in [4.78, 5) is 25.8. The number of rotatable bonds is 8. The lowest BCUT2D eigenvalue weighted by Gasteiger charge is -2.23. The molecule has 0 atom stereocenters. The average Bonchev–Trinajstić information content (AvgIpc) is 2.65. The van der Waals surface area contributed by atoms with Gasteiger partial charge in [-0.2, -0.15) is 0 Å². The standard InChI is InChI=1S/C21H25ClN2O3/c1-15-19(22)8-5-9-20(15)24(16(2)25)13-11-21(26)23-12-10-17-6-4-7-18(14-17)27-3/h4-9,14H,10-13H2,1-3H3,(H,23,26). The van der Waals surface area contributed by atoms with Crippen LogP contribution in [0.15, 0.2) is 42.5 Å². The van der Waals surface area contributed by atoms with Gasteiger partial charge in [0.15, 0.2) is 0 Å². The molecule has 0 fully saturated rings. The van der Waals surface area contributed by atoms with E-state index in [2.05, 4.69) is 5.32 Å². The molecule has 0 heterocycles. The van der Waals surface area contributed by atoms with Crippen LogP contribution in [0.25, 0.3) is 0 Å². The number of hydrogen-bond acceptors (Lipinski definition) is 3. The third-order valence-electron chi connectivity index (χ3n) is 4.34. The highest BCUT2D eigenvalue weighted by atomic mass is 35.5. The van der Waals surface area contributed by atoms with Crippen LogP contribution in [0, 0.1) is 6.92 Å². The number of methoxy groups -OCH3 is 1. The molecule has 0 aliphatic heterocycles. The fourth-order valence-electron chi connectivity index (χ4n) is 2.81. The van der Waals surface area contributed by atoms with Crippen LogP contribution >= 0.6 is 11.6 Å². The molecule has 0 aromatic heterocycles. The predicted molar refractivity (Wildman–Crippen MR) is 109 cm³/mol. The largest absolute Gasteiger partial charge is 0.497 e. The van der Waals surface area contributed by atoms with Crippen molar-refractivity contribution in [3.63, 3.8) is 0 Å². The highest BCUT2D eigenvalue weighted by molar-refractivity contribution is 6.31. The van der Waals surface area contributed by atoms with E-state index in [0.717, 1.165) is 22.6 Å². The number of halogens is 1. The maximum absolute atomic E-state index is 12.2. The molecule has 0 aliphatic rings. The summed E-state index contributed by atoms with van der Waals surface area (Å²) in [5.41, 5.74) is 2.65. The number of amides is 2. The van der Waals surface area contributed by atoms with Gasteiger partial charge < -0.3 is 15.0 Å². The first kappa shape index (κ1) is 20.8. The van der Waals surface area contributed by atoms with Gasteiger partial charge >= 0.3 is 0 Å². The second-order valence-electron chi connectivity index (χ2n) is 6.26. The molecule has 5 nitrogen and oxygen atoms in total. The summed E-state index contributed by atoms with van der Waals surface area (Å²) in [6, 6.07) is 13.2. The first-order valence-corrected chi connectivity index (χ1v) is 9.23. The molecule has 0 aliphatic carbocycles. The second kappa shape index (κ2) is 9.97. The van der Waals surface area contributed by atoms with Gasteiger partial charge in [0, 0.05) is 37.1 Å². The van der Waals surface area contributed by atoms with Crippen LogP contribution in [0.4, 0.5) is 5.69 Å². The molecule has 2 amide bonds. The number of carbonyl (C=O) groups excluding carboxylic acids is 2. The monoisotopic (exact) mass is 388 g/mol. The van der Waals surface area contributed by atoms with Crippen LogP contribution in [0.5, 0.6) is 5.75 Å². The molecule has 1 N–H and O–H groups in total. The van der Waals surface area contributed by atoms with Crippen molar-refractivity contribution in [1.29, 1.82) is 0 Å². The van der Waals surface area contributed by atoms with E-state index in [4.69, 9.17) is 16.3 Å². The van der Waals surface area contributed by atoms with Gasteiger partial charge in [-0.05, 0) is 48.7 Å². The highest BCUT2D eigenvalue weighted by Crippen LogP contribution is 2.26. The molecule has 27 heavy (non-hydrogen) atoms. The molecule has 2 rings (SSSR count). The van der Waals surface area contributed by atoms with Crippen LogP contribution in [0.3, 0.4) is 0 Å². The molecule has 0 radical (unpaired) electrons. The van der Waals surface area contributed by atoms with Crippen LogP contribution in [0.2, 0.25) is 5.02 Å². The van der Waals surface area contributed by atoms with Crippen molar-refractivity contribution in [3.05, 3.63) is 58.6 Å². The highest BCUT2D eigenvalue weighted by Gasteiger charge is 2.16. The van der Waals surface area contributed by atoms with Crippen LogP contribution in [-0.2, 0) is 16.0 Å². The van der Waals surface area contributed by atoms with Gasteiger partial charge in [-0.25, -0.2) is 0 Å². The van der Waals surface area contributed by atoms with Crippen molar-refractivity contribution in [2.45, 2.75) is 26.7 Å². The van der Waals surface area contributed by atoms with Gasteiger partial charge in [0.05, 0.1) is 7.11 Å². The van der Waals surface area contributed by atoms with Crippen LogP contribution in [-0.4, -0.2) is 32.0 Å². The fraction of sp³-hybridized carbons (Fsp3) is 0.333. The summed E-state index contributed by atoms with van der Waals surface area (Å²) in [6.07, 6.45) is 0.941. The lowest BCUT2D eigenvalue weighted by molar-refractivity contribution is -0.121. The van der Waals surface area contributed by atoms with Crippen molar-refractivity contribution in [3.8, 4) is 5.75 Å². The Morgan fingerprint density at radius 3 is 2.63 bits per heavy atom. The van der Waals surface area contributed by atoms with Crippen molar-refractivity contribution in [2.24, 2.45) is 0 Å². The minimum atomic E-state index is -0.121. The van der Waals surface area contributed by atoms with Gasteiger partial charge in [0.2, 0.25) is 11.8 Å². The molecule has 0 unspecified atom stereocenters. The second-order valence-corrected chi connectivity index (χ2v) is 6.66. The van der Waals surface area contributed by atoms with Crippen molar-refractivity contribution in [2.75, 3.05) is 25.1 Å². The summed E-state index contributed by atoms with van der Waals surface area (Å²) in [6.45, 7) is 4.19. The maximum atomic E-state index is 12.2. The Balaban J connectivity index is 1.87. The van der Waals surface area contributed by atoms with Crippen LogP contribution < -0.4 is 15.0 Å². The Kier molecular flexibility index (Phi) is 7.67. The first-order chi connectivity index (χ1) is 12.9. The van der Waals surface area contributed by atoms with E-state index in [9.17, 15) is 9.59 Å². The number of anilines is 1. The Morgan fingerprint density at radius 1 is 1.19 bits per heavy atom. The van der Waals surface area contributed by atoms with E-state index in [1.165, 1.54) is 6.92 Å². The molecule has 0 bridgehead atoms. The van der Waals surface area contributed by atoms with E-state index in [0.29, 0.717) is 24.5 Å². The van der Waals surface area contributed by atoms with Gasteiger partial charge in [0.1, 0.15) is 5.75 Å². The van der Waals surface area contributed by atoms with Crippen molar-refractivity contribution in [1.82, 2.24) is 5.32 Å². The zero-order valence-electron chi connectivity index (χ0n) is 15.9. The summed E-state index contributed by atoms with van der Waals surface area (Å²) in [7, 11) is 1.63. The summed E-state index contributed by atoms with van der Waals surface area (Å²) >= 11 is 6.15. The maximum Gasteiger partial charge on any atom is 0.223 e. The Labute approximate surface area is 165 Å². The zero-order valence-corrected chi connectivity index (χ0v) is 16.7. The molecular weight excluding hydrogens is 364 g/mol. The molecule has 144 valence electrons. The molecule has 0 saturated carbocycles. The van der Waals surface area contributed by atoms with E-state index in [1.807, 2.05) is 37.3 Å². The number of carbonyl (C=O) groups is 2. The van der Waals surface area contributed by atoms with Crippen LogP contribution in [0.1, 0.15) is 24.5 Å². The predicted octanol–water partition coefficient (Wildman–Crippen LogP) is 3.76. The van der Waals surface area contributed by atoms with Crippen molar-refractivity contribution >= 4 is 29.1 Å². The van der Waals surface area contributed by atoms with E-state index < -0.39 is 0 Å². The van der Waals surface area contributed by atoms with E-state index in [-0.39, 0.29) is 18.2 Å². The number of ether oxygens (including phenoxy) is 1. The average molecular weight is 389 g/mol. The Morgan fingerprint density at radius 2 is 1.93 bits per heavy atom. The third kappa shape index (κ3) is 6.00. The zero-order chi connectivity index (χ0) is 19.8. The van der Waals surface area contributed by atoms with Crippen molar-refractivity contribution < 1.29 is 14.3 Å². The summed E-state index contributed by atoms with van der Waals surface area (Å²) < 4.78 is 5.20. The topological polar surface area (TPSA) is 58.6 Å². The quantitative estimate of drug-likeness (QED) is 0.749. The van der Waals surface area contributed by atoms with E-state index >= 15 is 0 Å². The number of benzene rings is 2. The molecule has 0 spiro atoms. The normalized spacial score (nSPS) is 10.4. The fourth-order valence-corrected chi connectivity index (χ4v) is 2.98. The van der Waals surface area contributed by atoms with Gasteiger partial charge in [-0.15, -0.1) is 0 Å². The van der Waals surface area contributed by atoms with Gasteiger partial charge in [-0.3, -0.25) is 9.59 Å². The van der Waals surface area contributed by atoms with E-state index in [1.54, 1.807) is 24.1 Å². The molecule has 2 aromatic rings.